The minimum atomic E-state index is -0.0406. The summed E-state index contributed by atoms with van der Waals surface area (Å²) in [6.07, 6.45) is 2.19. The Kier molecular flexibility index (Phi) is 4.83. The van der Waals surface area contributed by atoms with Crippen molar-refractivity contribution >= 4 is 32.7 Å². The van der Waals surface area contributed by atoms with Crippen molar-refractivity contribution in [1.29, 1.82) is 0 Å². The first kappa shape index (κ1) is 15.1. The summed E-state index contributed by atoms with van der Waals surface area (Å²) < 4.78 is 0.982. The van der Waals surface area contributed by atoms with Gasteiger partial charge in [0.25, 0.3) is 0 Å². The Morgan fingerprint density at radius 3 is 2.90 bits per heavy atom. The van der Waals surface area contributed by atoms with E-state index in [4.69, 9.17) is 5.11 Å². The van der Waals surface area contributed by atoms with Crippen molar-refractivity contribution in [1.82, 2.24) is 10.3 Å². The molecular formula is C15H19BrN2O2. The number of amides is 1. The molecule has 0 saturated carbocycles. The summed E-state index contributed by atoms with van der Waals surface area (Å²) in [6.45, 7) is 3.89. The number of nitrogens with one attached hydrogen (secondary N) is 2. The Balaban J connectivity index is 2.11. The molecule has 1 amide bonds. The maximum absolute atomic E-state index is 12.1. The molecule has 0 radical (unpaired) electrons. The van der Waals surface area contributed by atoms with Gasteiger partial charge in [0, 0.05) is 34.2 Å². The van der Waals surface area contributed by atoms with Gasteiger partial charge in [0.15, 0.2) is 0 Å². The van der Waals surface area contributed by atoms with Crippen LogP contribution in [-0.2, 0) is 11.2 Å². The number of benzene rings is 1. The van der Waals surface area contributed by atoms with Crippen LogP contribution in [0.3, 0.4) is 0 Å². The molecule has 5 heteroatoms. The van der Waals surface area contributed by atoms with E-state index in [1.54, 1.807) is 0 Å². The first-order chi connectivity index (χ1) is 9.52. The third kappa shape index (κ3) is 3.22. The molecule has 0 fully saturated rings. The van der Waals surface area contributed by atoms with Crippen molar-refractivity contribution < 1.29 is 9.90 Å². The van der Waals surface area contributed by atoms with Crippen LogP contribution >= 0.6 is 15.9 Å². The van der Waals surface area contributed by atoms with Crippen LogP contribution in [0.4, 0.5) is 0 Å². The third-order valence-electron chi connectivity index (χ3n) is 3.62. The Bertz CT molecular complexity index is 609. The molecule has 1 heterocycles. The van der Waals surface area contributed by atoms with Gasteiger partial charge in [-0.2, -0.15) is 0 Å². The number of hydrogen-bond acceptors (Lipinski definition) is 2. The minimum absolute atomic E-state index is 0.0329. The molecular weight excluding hydrogens is 320 g/mol. The fourth-order valence-corrected chi connectivity index (χ4v) is 2.75. The van der Waals surface area contributed by atoms with Crippen LogP contribution in [0.2, 0.25) is 0 Å². The van der Waals surface area contributed by atoms with Gasteiger partial charge >= 0.3 is 0 Å². The van der Waals surface area contributed by atoms with Gasteiger partial charge in [0.1, 0.15) is 0 Å². The molecule has 20 heavy (non-hydrogen) atoms. The van der Waals surface area contributed by atoms with Crippen molar-refractivity contribution in [2.45, 2.75) is 26.3 Å². The van der Waals surface area contributed by atoms with Gasteiger partial charge in [0.2, 0.25) is 5.91 Å². The first-order valence-corrected chi connectivity index (χ1v) is 7.47. The van der Waals surface area contributed by atoms with E-state index in [0.717, 1.165) is 20.9 Å². The maximum Gasteiger partial charge on any atom is 0.224 e. The highest BCUT2D eigenvalue weighted by molar-refractivity contribution is 9.10. The predicted octanol–water partition coefficient (Wildman–Crippen LogP) is 2.61. The lowest BCUT2D eigenvalue weighted by molar-refractivity contribution is -0.121. The maximum atomic E-state index is 12.1. The largest absolute Gasteiger partial charge is 0.396 e. The number of fused-ring (bicyclic) bond motifs is 1. The molecule has 0 aliphatic heterocycles. The predicted molar refractivity (Wildman–Crippen MR) is 83.6 cm³/mol. The van der Waals surface area contributed by atoms with Crippen LogP contribution < -0.4 is 5.32 Å². The van der Waals surface area contributed by atoms with Crippen LogP contribution in [0.5, 0.6) is 0 Å². The highest BCUT2D eigenvalue weighted by Gasteiger charge is 2.16. The van der Waals surface area contributed by atoms with E-state index in [1.807, 2.05) is 38.2 Å². The Labute approximate surface area is 126 Å². The fourth-order valence-electron chi connectivity index (χ4n) is 2.13. The fraction of sp³-hybridized carbons (Fsp3) is 0.400. The lowest BCUT2D eigenvalue weighted by Crippen LogP contribution is -2.39. The van der Waals surface area contributed by atoms with Gasteiger partial charge in [-0.15, -0.1) is 0 Å². The van der Waals surface area contributed by atoms with Crippen molar-refractivity contribution in [3.8, 4) is 0 Å². The summed E-state index contributed by atoms with van der Waals surface area (Å²) in [4.78, 5) is 15.2. The molecule has 0 saturated heterocycles. The monoisotopic (exact) mass is 338 g/mol. The van der Waals surface area contributed by atoms with E-state index in [2.05, 4.69) is 26.2 Å². The zero-order valence-corrected chi connectivity index (χ0v) is 13.2. The third-order valence-corrected chi connectivity index (χ3v) is 4.28. The zero-order valence-electron chi connectivity index (χ0n) is 11.6. The van der Waals surface area contributed by atoms with E-state index < -0.39 is 0 Å². The summed E-state index contributed by atoms with van der Waals surface area (Å²) in [6, 6.07) is 5.87. The average molecular weight is 339 g/mol. The highest BCUT2D eigenvalue weighted by atomic mass is 79.9. The lowest BCUT2D eigenvalue weighted by Gasteiger charge is -2.19. The normalized spacial score (nSPS) is 14.2. The van der Waals surface area contributed by atoms with Gasteiger partial charge in [-0.1, -0.05) is 28.9 Å². The highest BCUT2D eigenvalue weighted by Crippen LogP contribution is 2.27. The summed E-state index contributed by atoms with van der Waals surface area (Å²) >= 11 is 3.52. The number of aromatic nitrogens is 1. The zero-order chi connectivity index (χ0) is 14.7. The van der Waals surface area contributed by atoms with Crippen LogP contribution in [0, 0.1) is 5.92 Å². The first-order valence-electron chi connectivity index (χ1n) is 6.67. The molecule has 0 bridgehead atoms. The van der Waals surface area contributed by atoms with E-state index in [-0.39, 0.29) is 24.5 Å². The van der Waals surface area contributed by atoms with Crippen LogP contribution in [-0.4, -0.2) is 28.6 Å². The standard InChI is InChI=1S/C15H19BrN2O2/c1-9(8-19)10(2)18-14(20)6-11-7-17-13-5-3-4-12(16)15(11)13/h3-5,7,9-10,17,19H,6,8H2,1-2H3,(H,18,20). The molecule has 2 rings (SSSR count). The molecule has 108 valence electrons. The number of halogens is 1. The topological polar surface area (TPSA) is 65.1 Å². The van der Waals surface area contributed by atoms with Crippen LogP contribution in [0.1, 0.15) is 19.4 Å². The number of carbonyl (C=O) groups excluding carboxylic acids is 1. The quantitative estimate of drug-likeness (QED) is 0.784. The van der Waals surface area contributed by atoms with Crippen molar-refractivity contribution in [2.75, 3.05) is 6.61 Å². The number of hydrogen-bond donors (Lipinski definition) is 3. The van der Waals surface area contributed by atoms with Gasteiger partial charge in [-0.3, -0.25) is 4.79 Å². The second-order valence-corrected chi connectivity index (χ2v) is 6.02. The molecule has 1 aromatic carbocycles. The van der Waals surface area contributed by atoms with Crippen LogP contribution in [0.15, 0.2) is 28.9 Å². The molecule has 0 spiro atoms. The van der Waals surface area contributed by atoms with E-state index in [9.17, 15) is 4.79 Å². The number of rotatable bonds is 5. The smallest absolute Gasteiger partial charge is 0.224 e. The van der Waals surface area contributed by atoms with Gasteiger partial charge in [-0.25, -0.2) is 0 Å². The molecule has 2 aromatic rings. The Hall–Kier alpha value is -1.33. The molecule has 2 atom stereocenters. The minimum Gasteiger partial charge on any atom is -0.396 e. The summed E-state index contributed by atoms with van der Waals surface area (Å²) in [5.74, 6) is 0.0168. The summed E-state index contributed by atoms with van der Waals surface area (Å²) in [7, 11) is 0. The van der Waals surface area contributed by atoms with Crippen molar-refractivity contribution in [2.24, 2.45) is 5.92 Å². The van der Waals surface area contributed by atoms with Gasteiger partial charge in [0.05, 0.1) is 6.42 Å². The van der Waals surface area contributed by atoms with Gasteiger partial charge < -0.3 is 15.4 Å². The summed E-state index contributed by atoms with van der Waals surface area (Å²) in [5.41, 5.74) is 1.98. The second kappa shape index (κ2) is 6.41. The number of aliphatic hydroxyl groups excluding tert-OH is 1. The number of carbonyl (C=O) groups is 1. The molecule has 0 aliphatic rings. The Morgan fingerprint density at radius 2 is 2.20 bits per heavy atom. The molecule has 3 N–H and O–H groups in total. The molecule has 0 aliphatic carbocycles. The lowest BCUT2D eigenvalue weighted by atomic mass is 10.0. The Morgan fingerprint density at radius 1 is 1.45 bits per heavy atom. The van der Waals surface area contributed by atoms with Crippen molar-refractivity contribution in [3.63, 3.8) is 0 Å². The average Bonchev–Trinajstić information content (AvgIpc) is 2.82. The second-order valence-electron chi connectivity index (χ2n) is 5.17. The molecule has 2 unspecified atom stereocenters. The number of aliphatic hydroxyl groups is 1. The van der Waals surface area contributed by atoms with E-state index in [1.165, 1.54) is 0 Å². The van der Waals surface area contributed by atoms with E-state index in [0.29, 0.717) is 6.42 Å². The number of aromatic amines is 1. The van der Waals surface area contributed by atoms with Gasteiger partial charge in [-0.05, 0) is 30.5 Å². The van der Waals surface area contributed by atoms with Crippen LogP contribution in [0.25, 0.3) is 10.9 Å². The van der Waals surface area contributed by atoms with E-state index >= 15 is 0 Å². The van der Waals surface area contributed by atoms with Crippen molar-refractivity contribution in [3.05, 3.63) is 34.4 Å². The number of H-pyrrole nitrogens is 1. The molecule has 1 aromatic heterocycles. The summed E-state index contributed by atoms with van der Waals surface area (Å²) in [5, 5.41) is 13.1. The SMILES string of the molecule is CC(CO)C(C)NC(=O)Cc1c[nH]c2cccc(Br)c12. The molecule has 4 nitrogen and oxygen atoms in total.